The predicted octanol–water partition coefficient (Wildman–Crippen LogP) is 2.26. The van der Waals surface area contributed by atoms with E-state index >= 15 is 0 Å². The molecule has 2 N–H and O–H groups in total. The van der Waals surface area contributed by atoms with Crippen LogP contribution in [0.5, 0.6) is 0 Å². The van der Waals surface area contributed by atoms with E-state index in [0.717, 1.165) is 5.69 Å². The van der Waals surface area contributed by atoms with E-state index < -0.39 is 12.0 Å². The third-order valence-corrected chi connectivity index (χ3v) is 3.72. The summed E-state index contributed by atoms with van der Waals surface area (Å²) >= 11 is 0. The lowest BCUT2D eigenvalue weighted by molar-refractivity contribution is 0.0935. The second-order valence-corrected chi connectivity index (χ2v) is 5.15. The molecule has 1 atom stereocenters. The highest BCUT2D eigenvalue weighted by atomic mass is 19.1. The molecule has 1 amide bonds. The fraction of sp³-hybridized carbons (Fsp3) is 0.0625. The highest BCUT2D eigenvalue weighted by molar-refractivity contribution is 6.01. The van der Waals surface area contributed by atoms with Crippen LogP contribution in [0.2, 0.25) is 0 Å². The zero-order chi connectivity index (χ0) is 15.8. The summed E-state index contributed by atoms with van der Waals surface area (Å²) in [6.07, 6.45) is 2.28. The van der Waals surface area contributed by atoms with Crippen LogP contribution < -0.4 is 10.6 Å². The van der Waals surface area contributed by atoms with Crippen molar-refractivity contribution in [2.45, 2.75) is 6.17 Å². The molecule has 0 saturated carbocycles. The number of benzene rings is 2. The minimum Gasteiger partial charge on any atom is -0.361 e. The Hall–Kier alpha value is -3.22. The number of rotatable bonds is 2. The van der Waals surface area contributed by atoms with Crippen molar-refractivity contribution in [2.24, 2.45) is 0 Å². The molecule has 23 heavy (non-hydrogen) atoms. The van der Waals surface area contributed by atoms with Gasteiger partial charge in [-0.1, -0.05) is 18.2 Å². The Morgan fingerprint density at radius 3 is 2.78 bits per heavy atom. The Bertz CT molecular complexity index is 878. The summed E-state index contributed by atoms with van der Waals surface area (Å²) in [6.45, 7) is 0. The average Bonchev–Trinajstić information content (AvgIpc) is 3.09. The van der Waals surface area contributed by atoms with Crippen LogP contribution in [-0.2, 0) is 0 Å². The van der Waals surface area contributed by atoms with Crippen LogP contribution in [0.3, 0.4) is 0 Å². The molecule has 2 heterocycles. The van der Waals surface area contributed by atoms with Gasteiger partial charge >= 0.3 is 0 Å². The minimum atomic E-state index is -0.489. The molecule has 1 aliphatic rings. The quantitative estimate of drug-likeness (QED) is 0.761. The zero-order valence-electron chi connectivity index (χ0n) is 11.9. The maximum Gasteiger partial charge on any atom is 0.255 e. The highest BCUT2D eigenvalue weighted by Crippen LogP contribution is 2.27. The van der Waals surface area contributed by atoms with Gasteiger partial charge in [0.25, 0.3) is 5.91 Å². The molecule has 1 aromatic heterocycles. The molecule has 4 rings (SSSR count). The van der Waals surface area contributed by atoms with E-state index in [9.17, 15) is 9.18 Å². The molecule has 0 radical (unpaired) electrons. The minimum absolute atomic E-state index is 0.190. The summed E-state index contributed by atoms with van der Waals surface area (Å²) in [7, 11) is 0. The number of nitrogens with zero attached hydrogens (tertiary/aromatic N) is 3. The number of carbonyl (C=O) groups is 1. The molecule has 3 aromatic rings. The molecule has 0 spiro atoms. The number of amides is 1. The molecule has 1 unspecified atom stereocenters. The van der Waals surface area contributed by atoms with Crippen molar-refractivity contribution >= 4 is 11.6 Å². The summed E-state index contributed by atoms with van der Waals surface area (Å²) in [5, 5.41) is 9.92. The topological polar surface area (TPSA) is 71.8 Å². The molecular weight excluding hydrogens is 297 g/mol. The summed E-state index contributed by atoms with van der Waals surface area (Å²) < 4.78 is 15.7. The lowest BCUT2D eigenvalue weighted by Gasteiger charge is -2.28. The number of carbonyl (C=O) groups excluding carboxylic acids is 1. The van der Waals surface area contributed by atoms with E-state index in [1.165, 1.54) is 23.4 Å². The highest BCUT2D eigenvalue weighted by Gasteiger charge is 2.24. The second-order valence-electron chi connectivity index (χ2n) is 5.15. The van der Waals surface area contributed by atoms with Gasteiger partial charge in [-0.25, -0.2) is 14.1 Å². The molecule has 0 fully saturated rings. The number of fused-ring (bicyclic) bond motifs is 1. The van der Waals surface area contributed by atoms with Crippen molar-refractivity contribution in [3.05, 3.63) is 72.1 Å². The molecule has 2 aromatic carbocycles. The van der Waals surface area contributed by atoms with Gasteiger partial charge in [-0.15, -0.1) is 0 Å². The van der Waals surface area contributed by atoms with Crippen LogP contribution in [-0.4, -0.2) is 20.7 Å². The van der Waals surface area contributed by atoms with E-state index in [2.05, 4.69) is 20.7 Å². The molecule has 114 valence electrons. The number of para-hydroxylation sites is 1. The maximum atomic E-state index is 14.3. The Labute approximate surface area is 131 Å². The standard InChI is InChI=1S/C16H12FN5O/c17-12-7-10(5-6-14(12)22-9-18-8-19-22)15-20-13-4-2-1-3-11(13)16(23)21-15/h1-9,15,20H,(H,21,23). The van der Waals surface area contributed by atoms with Crippen molar-refractivity contribution in [1.82, 2.24) is 20.1 Å². The second kappa shape index (κ2) is 5.20. The van der Waals surface area contributed by atoms with Crippen molar-refractivity contribution in [2.75, 3.05) is 5.32 Å². The van der Waals surface area contributed by atoms with Gasteiger partial charge in [-0.2, -0.15) is 5.10 Å². The monoisotopic (exact) mass is 309 g/mol. The van der Waals surface area contributed by atoms with Gasteiger partial charge in [-0.05, 0) is 29.8 Å². The fourth-order valence-electron chi connectivity index (χ4n) is 2.60. The molecule has 6 nitrogen and oxygen atoms in total. The number of halogens is 1. The van der Waals surface area contributed by atoms with Crippen LogP contribution in [0, 0.1) is 5.82 Å². The summed E-state index contributed by atoms with van der Waals surface area (Å²) in [4.78, 5) is 15.9. The lowest BCUT2D eigenvalue weighted by Crippen LogP contribution is -2.38. The Kier molecular flexibility index (Phi) is 3.04. The average molecular weight is 309 g/mol. The van der Waals surface area contributed by atoms with Crippen LogP contribution in [0.4, 0.5) is 10.1 Å². The van der Waals surface area contributed by atoms with E-state index in [-0.39, 0.29) is 5.91 Å². The van der Waals surface area contributed by atoms with Crippen LogP contribution >= 0.6 is 0 Å². The summed E-state index contributed by atoms with van der Waals surface area (Å²) in [6, 6.07) is 11.9. The predicted molar refractivity (Wildman–Crippen MR) is 81.6 cm³/mol. The first kappa shape index (κ1) is 13.4. The normalized spacial score (nSPS) is 16.4. The van der Waals surface area contributed by atoms with Crippen molar-refractivity contribution in [3.63, 3.8) is 0 Å². The van der Waals surface area contributed by atoms with Crippen LogP contribution in [0.1, 0.15) is 22.1 Å². The Morgan fingerprint density at radius 1 is 1.13 bits per heavy atom. The van der Waals surface area contributed by atoms with E-state index in [0.29, 0.717) is 16.8 Å². The van der Waals surface area contributed by atoms with Gasteiger partial charge in [0.1, 0.15) is 30.3 Å². The van der Waals surface area contributed by atoms with E-state index in [1.807, 2.05) is 12.1 Å². The molecular formula is C16H12FN5O. The van der Waals surface area contributed by atoms with Crippen molar-refractivity contribution < 1.29 is 9.18 Å². The number of nitrogens with one attached hydrogen (secondary N) is 2. The van der Waals surface area contributed by atoms with Crippen molar-refractivity contribution in [1.29, 1.82) is 0 Å². The SMILES string of the molecule is O=C1NC(c2ccc(-n3cncn3)c(F)c2)Nc2ccccc21. The van der Waals surface area contributed by atoms with E-state index in [1.54, 1.807) is 24.3 Å². The van der Waals surface area contributed by atoms with Gasteiger partial charge in [0.05, 0.1) is 5.56 Å². The molecule has 0 aliphatic carbocycles. The Morgan fingerprint density at radius 2 is 2.00 bits per heavy atom. The molecule has 7 heteroatoms. The van der Waals surface area contributed by atoms with Gasteiger partial charge in [0.2, 0.25) is 0 Å². The Balaban J connectivity index is 1.67. The molecule has 0 bridgehead atoms. The number of aromatic nitrogens is 3. The van der Waals surface area contributed by atoms with Gasteiger partial charge in [0.15, 0.2) is 0 Å². The fourth-order valence-corrected chi connectivity index (χ4v) is 2.60. The smallest absolute Gasteiger partial charge is 0.255 e. The first-order valence-corrected chi connectivity index (χ1v) is 7.03. The van der Waals surface area contributed by atoms with Gasteiger partial charge in [0, 0.05) is 5.69 Å². The third kappa shape index (κ3) is 2.32. The van der Waals surface area contributed by atoms with Crippen molar-refractivity contribution in [3.8, 4) is 5.69 Å². The lowest BCUT2D eigenvalue weighted by atomic mass is 10.1. The first-order chi connectivity index (χ1) is 11.2. The largest absolute Gasteiger partial charge is 0.361 e. The van der Waals surface area contributed by atoms with Gasteiger partial charge < -0.3 is 10.6 Å². The van der Waals surface area contributed by atoms with Crippen LogP contribution in [0.25, 0.3) is 5.69 Å². The van der Waals surface area contributed by atoms with E-state index in [4.69, 9.17) is 0 Å². The van der Waals surface area contributed by atoms with Crippen LogP contribution in [0.15, 0.2) is 55.1 Å². The molecule has 0 saturated heterocycles. The third-order valence-electron chi connectivity index (χ3n) is 3.72. The zero-order valence-corrected chi connectivity index (χ0v) is 11.9. The summed E-state index contributed by atoms with van der Waals surface area (Å²) in [5.74, 6) is -0.631. The van der Waals surface area contributed by atoms with Gasteiger partial charge in [-0.3, -0.25) is 4.79 Å². The first-order valence-electron chi connectivity index (χ1n) is 7.03. The molecule has 1 aliphatic heterocycles. The number of hydrogen-bond acceptors (Lipinski definition) is 4. The number of hydrogen-bond donors (Lipinski definition) is 2. The maximum absolute atomic E-state index is 14.3. The number of anilines is 1. The summed E-state index contributed by atoms with van der Waals surface area (Å²) in [5.41, 5.74) is 2.22.